The van der Waals surface area contributed by atoms with Gasteiger partial charge in [-0.25, -0.2) is 4.98 Å². The van der Waals surface area contributed by atoms with Crippen LogP contribution in [-0.2, 0) is 0 Å². The van der Waals surface area contributed by atoms with Gasteiger partial charge in [0.25, 0.3) is 0 Å². The van der Waals surface area contributed by atoms with Crippen LogP contribution in [0.1, 0.15) is 54.2 Å². The van der Waals surface area contributed by atoms with Crippen LogP contribution < -0.4 is 0 Å². The van der Waals surface area contributed by atoms with Crippen LogP contribution in [0.5, 0.6) is 0 Å². The van der Waals surface area contributed by atoms with Crippen LogP contribution in [0.25, 0.3) is 0 Å². The molecule has 0 bridgehead atoms. The van der Waals surface area contributed by atoms with Crippen LogP contribution in [0.2, 0.25) is 16.6 Å². The van der Waals surface area contributed by atoms with Crippen molar-refractivity contribution in [2.45, 2.75) is 70.0 Å². The summed E-state index contributed by atoms with van der Waals surface area (Å²) in [6, 6.07) is 2.13. The molecule has 0 aliphatic carbocycles. The Bertz CT molecular complexity index is 536. The Balaban J connectivity index is 3.35. The Morgan fingerprint density at radius 2 is 1.68 bits per heavy atom. The molecule has 0 saturated heterocycles. The number of rotatable bonds is 5. The van der Waals surface area contributed by atoms with Gasteiger partial charge in [0.1, 0.15) is 13.8 Å². The zero-order valence-electron chi connectivity index (χ0n) is 14.8. The molecule has 0 aromatic carbocycles. The fraction of sp³-hybridized carbons (Fsp3) is 0.611. The number of nitrogens with zero attached hydrogens (tertiary/aromatic N) is 1. The van der Waals surface area contributed by atoms with Crippen molar-refractivity contribution >= 4 is 35.8 Å². The molecular weight excluding hydrogens is 370 g/mol. The van der Waals surface area contributed by atoms with E-state index in [2.05, 4.69) is 86.9 Å². The normalized spacial score (nSPS) is 12.0. The third-order valence-electron chi connectivity index (χ3n) is 4.38. The molecule has 22 heavy (non-hydrogen) atoms. The van der Waals surface area contributed by atoms with Gasteiger partial charge < -0.3 is 0 Å². The van der Waals surface area contributed by atoms with Gasteiger partial charge in [0.15, 0.2) is 0 Å². The second kappa shape index (κ2) is 8.56. The van der Waals surface area contributed by atoms with E-state index >= 15 is 0 Å². The molecule has 0 fully saturated rings. The second-order valence-electron chi connectivity index (χ2n) is 6.58. The van der Waals surface area contributed by atoms with Crippen LogP contribution in [0.3, 0.4) is 0 Å². The van der Waals surface area contributed by atoms with Gasteiger partial charge >= 0.3 is 0 Å². The summed E-state index contributed by atoms with van der Waals surface area (Å²) in [4.78, 5) is 5.74. The number of thioether (sulfide) groups is 1. The van der Waals surface area contributed by atoms with Crippen molar-refractivity contribution < 1.29 is 0 Å². The molecule has 0 unspecified atom stereocenters. The maximum Gasteiger partial charge on any atom is 0.146 e. The third kappa shape index (κ3) is 4.40. The lowest BCUT2D eigenvalue weighted by atomic mass is 10.4. The van der Waals surface area contributed by atoms with E-state index in [1.54, 1.807) is 0 Å². The van der Waals surface area contributed by atoms with Crippen molar-refractivity contribution in [1.82, 2.24) is 4.98 Å². The quantitative estimate of drug-likeness (QED) is 0.318. The Kier molecular flexibility index (Phi) is 7.71. The minimum absolute atomic E-state index is 0.651. The molecule has 0 aliphatic heterocycles. The summed E-state index contributed by atoms with van der Waals surface area (Å²) in [5.41, 5.74) is 6.65. The molecule has 122 valence electrons. The SMILES string of the molecule is CCSc1cc(Br)cnc1C#C[Si](C(C)C)(C(C)C)C(C)C. The topological polar surface area (TPSA) is 12.9 Å². The first-order chi connectivity index (χ1) is 10.3. The molecule has 1 heterocycles. The highest BCUT2D eigenvalue weighted by Gasteiger charge is 2.41. The predicted molar refractivity (Wildman–Crippen MR) is 106 cm³/mol. The zero-order valence-corrected chi connectivity index (χ0v) is 18.2. The average Bonchev–Trinajstić information content (AvgIpc) is 2.40. The molecule has 0 aliphatic rings. The Labute approximate surface area is 150 Å². The third-order valence-corrected chi connectivity index (χ3v) is 12.0. The number of hydrogen-bond acceptors (Lipinski definition) is 2. The highest BCUT2D eigenvalue weighted by atomic mass is 79.9. The molecule has 1 aromatic rings. The summed E-state index contributed by atoms with van der Waals surface area (Å²) in [6.07, 6.45) is 1.85. The fourth-order valence-corrected chi connectivity index (χ4v) is 9.83. The van der Waals surface area contributed by atoms with Gasteiger partial charge in [-0.3, -0.25) is 0 Å². The van der Waals surface area contributed by atoms with Crippen molar-refractivity contribution in [3.8, 4) is 11.5 Å². The van der Waals surface area contributed by atoms with Crippen LogP contribution in [0.15, 0.2) is 21.6 Å². The molecule has 0 N–H and O–H groups in total. The lowest BCUT2D eigenvalue weighted by Crippen LogP contribution is -2.43. The van der Waals surface area contributed by atoms with Gasteiger partial charge in [-0.05, 0) is 44.4 Å². The first-order valence-corrected chi connectivity index (χ1v) is 12.1. The minimum atomic E-state index is -1.69. The Hall–Kier alpha value is -0.243. The van der Waals surface area contributed by atoms with E-state index in [9.17, 15) is 0 Å². The van der Waals surface area contributed by atoms with Gasteiger partial charge in [0.05, 0.1) is 0 Å². The summed E-state index contributed by atoms with van der Waals surface area (Å²) < 4.78 is 1.02. The van der Waals surface area contributed by atoms with Crippen LogP contribution >= 0.6 is 27.7 Å². The molecule has 0 radical (unpaired) electrons. The van der Waals surface area contributed by atoms with E-state index in [1.807, 2.05) is 18.0 Å². The van der Waals surface area contributed by atoms with E-state index in [4.69, 9.17) is 0 Å². The Morgan fingerprint density at radius 1 is 1.14 bits per heavy atom. The van der Waals surface area contributed by atoms with Crippen LogP contribution in [-0.4, -0.2) is 18.8 Å². The fourth-order valence-electron chi connectivity index (χ4n) is 3.38. The molecule has 0 spiro atoms. The van der Waals surface area contributed by atoms with Gasteiger partial charge in [0.2, 0.25) is 0 Å². The van der Waals surface area contributed by atoms with E-state index in [0.717, 1.165) is 15.9 Å². The molecule has 1 nitrogen and oxygen atoms in total. The molecular formula is C18H28BrNSSi. The summed E-state index contributed by atoms with van der Waals surface area (Å²) in [6.45, 7) is 16.2. The molecule has 0 amide bonds. The van der Waals surface area contributed by atoms with Gasteiger partial charge in [-0.1, -0.05) is 54.4 Å². The summed E-state index contributed by atoms with van der Waals surface area (Å²) in [5, 5.41) is 0. The van der Waals surface area contributed by atoms with Crippen LogP contribution in [0, 0.1) is 11.5 Å². The van der Waals surface area contributed by atoms with E-state index < -0.39 is 8.07 Å². The highest BCUT2D eigenvalue weighted by molar-refractivity contribution is 9.10. The van der Waals surface area contributed by atoms with Crippen molar-refractivity contribution in [3.05, 3.63) is 22.4 Å². The molecule has 4 heteroatoms. The molecule has 1 aromatic heterocycles. The number of hydrogen-bond donors (Lipinski definition) is 0. The van der Waals surface area contributed by atoms with E-state index in [1.165, 1.54) is 4.90 Å². The number of aromatic nitrogens is 1. The average molecular weight is 398 g/mol. The van der Waals surface area contributed by atoms with Gasteiger partial charge in [-0.2, -0.15) is 0 Å². The first kappa shape index (κ1) is 19.8. The minimum Gasteiger partial charge on any atom is -0.245 e. The Morgan fingerprint density at radius 3 is 2.14 bits per heavy atom. The van der Waals surface area contributed by atoms with Gasteiger partial charge in [0, 0.05) is 15.6 Å². The van der Waals surface area contributed by atoms with Crippen LogP contribution in [0.4, 0.5) is 0 Å². The van der Waals surface area contributed by atoms with Crippen molar-refractivity contribution in [1.29, 1.82) is 0 Å². The summed E-state index contributed by atoms with van der Waals surface area (Å²) in [7, 11) is -1.69. The predicted octanol–water partition coefficient (Wildman–Crippen LogP) is 6.53. The number of pyridine rings is 1. The number of halogens is 1. The lowest BCUT2D eigenvalue weighted by molar-refractivity contribution is 0.838. The second-order valence-corrected chi connectivity index (χ2v) is 14.4. The molecule has 0 saturated carbocycles. The maximum absolute atomic E-state index is 4.56. The van der Waals surface area contributed by atoms with Crippen molar-refractivity contribution in [2.75, 3.05) is 5.75 Å². The van der Waals surface area contributed by atoms with E-state index in [-0.39, 0.29) is 0 Å². The van der Waals surface area contributed by atoms with Gasteiger partial charge in [-0.15, -0.1) is 17.3 Å². The zero-order chi connectivity index (χ0) is 16.9. The van der Waals surface area contributed by atoms with Crippen molar-refractivity contribution in [2.24, 2.45) is 0 Å². The standard InChI is InChI=1S/C18H28BrNSSi/c1-8-21-18-11-16(19)12-20-17(18)9-10-22(13(2)3,14(4)5)15(6)7/h11-15H,8H2,1-7H3. The largest absolute Gasteiger partial charge is 0.245 e. The monoisotopic (exact) mass is 397 g/mol. The first-order valence-electron chi connectivity index (χ1n) is 8.07. The summed E-state index contributed by atoms with van der Waals surface area (Å²) in [5.74, 6) is 4.50. The maximum atomic E-state index is 4.56. The van der Waals surface area contributed by atoms with E-state index in [0.29, 0.717) is 16.6 Å². The highest BCUT2D eigenvalue weighted by Crippen LogP contribution is 2.40. The van der Waals surface area contributed by atoms with Crippen molar-refractivity contribution in [3.63, 3.8) is 0 Å². The summed E-state index contributed by atoms with van der Waals surface area (Å²) >= 11 is 5.32. The molecule has 1 rings (SSSR count). The molecule has 0 atom stereocenters. The smallest absolute Gasteiger partial charge is 0.146 e. The lowest BCUT2D eigenvalue weighted by Gasteiger charge is -2.38.